The molecule has 6 nitrogen and oxygen atoms in total. The molecule has 28 heavy (non-hydrogen) atoms. The van der Waals surface area contributed by atoms with Crippen molar-refractivity contribution in [3.8, 4) is 0 Å². The van der Waals surface area contributed by atoms with E-state index in [1.165, 1.54) is 5.39 Å². The molecule has 2 heterocycles. The number of carbonyl (C=O) groups excluding carboxylic acids is 2. The highest BCUT2D eigenvalue weighted by atomic mass is 16.2. The van der Waals surface area contributed by atoms with Gasteiger partial charge >= 0.3 is 0 Å². The van der Waals surface area contributed by atoms with E-state index in [1.807, 2.05) is 12.1 Å². The van der Waals surface area contributed by atoms with Crippen LogP contribution >= 0.6 is 0 Å². The highest BCUT2D eigenvalue weighted by molar-refractivity contribution is 6.03. The molecule has 1 fully saturated rings. The fourth-order valence-electron chi connectivity index (χ4n) is 3.99. The highest BCUT2D eigenvalue weighted by Gasteiger charge is 2.27. The van der Waals surface area contributed by atoms with Gasteiger partial charge < -0.3 is 16.0 Å². The third-order valence-electron chi connectivity index (χ3n) is 5.34. The summed E-state index contributed by atoms with van der Waals surface area (Å²) in [4.78, 5) is 30.0. The standard InChI is InChI=1S/C22H24N4O2/c23-22(28)16-8-2-4-10-18(16)25-21(27)14-26-12-6-5-11-20(26)19-13-15-7-1-3-9-17(15)24-19/h1-4,7-10,13,20,24H,5-6,11-12,14H2,(H2,23,28)(H,25,27). The van der Waals surface area contributed by atoms with Crippen LogP contribution in [0, 0.1) is 0 Å². The van der Waals surface area contributed by atoms with Gasteiger partial charge in [0.25, 0.3) is 5.91 Å². The molecule has 4 N–H and O–H groups in total. The van der Waals surface area contributed by atoms with Gasteiger partial charge in [-0.15, -0.1) is 0 Å². The summed E-state index contributed by atoms with van der Waals surface area (Å²) >= 11 is 0. The van der Waals surface area contributed by atoms with Gasteiger partial charge in [-0.25, -0.2) is 0 Å². The minimum Gasteiger partial charge on any atom is -0.366 e. The first-order chi connectivity index (χ1) is 13.6. The Morgan fingerprint density at radius 2 is 1.89 bits per heavy atom. The fraction of sp³-hybridized carbons (Fsp3) is 0.273. The van der Waals surface area contributed by atoms with E-state index in [1.54, 1.807) is 24.3 Å². The van der Waals surface area contributed by atoms with Gasteiger partial charge in [-0.3, -0.25) is 14.5 Å². The summed E-state index contributed by atoms with van der Waals surface area (Å²) in [6.45, 7) is 1.14. The third kappa shape index (κ3) is 3.77. The van der Waals surface area contributed by atoms with E-state index >= 15 is 0 Å². The SMILES string of the molecule is NC(=O)c1ccccc1NC(=O)CN1CCCCC1c1cc2ccccc2[nH]1. The fourth-order valence-corrected chi connectivity index (χ4v) is 3.99. The summed E-state index contributed by atoms with van der Waals surface area (Å²) in [5.41, 5.74) is 8.44. The van der Waals surface area contributed by atoms with Gasteiger partial charge in [0.2, 0.25) is 5.91 Å². The van der Waals surface area contributed by atoms with Crippen LogP contribution in [-0.4, -0.2) is 34.8 Å². The van der Waals surface area contributed by atoms with Gasteiger partial charge in [0.05, 0.1) is 23.8 Å². The zero-order valence-electron chi connectivity index (χ0n) is 15.7. The molecule has 4 rings (SSSR count). The molecular formula is C22H24N4O2. The molecule has 1 unspecified atom stereocenters. The Labute approximate surface area is 163 Å². The van der Waals surface area contributed by atoms with Crippen molar-refractivity contribution >= 4 is 28.4 Å². The van der Waals surface area contributed by atoms with Crippen molar-refractivity contribution in [2.24, 2.45) is 5.73 Å². The molecule has 0 bridgehead atoms. The Bertz CT molecular complexity index is 977. The van der Waals surface area contributed by atoms with Crippen molar-refractivity contribution in [3.63, 3.8) is 0 Å². The number of hydrogen-bond acceptors (Lipinski definition) is 3. The van der Waals surface area contributed by atoms with Gasteiger partial charge in [-0.1, -0.05) is 36.8 Å². The lowest BCUT2D eigenvalue weighted by Crippen LogP contribution is -2.39. The van der Waals surface area contributed by atoms with Crippen LogP contribution in [0.5, 0.6) is 0 Å². The number of carbonyl (C=O) groups is 2. The lowest BCUT2D eigenvalue weighted by atomic mass is 9.99. The van der Waals surface area contributed by atoms with E-state index in [2.05, 4.69) is 33.4 Å². The average molecular weight is 376 g/mol. The number of aromatic amines is 1. The molecule has 1 saturated heterocycles. The predicted octanol–water partition coefficient (Wildman–Crippen LogP) is 3.43. The van der Waals surface area contributed by atoms with Crippen LogP contribution in [0.25, 0.3) is 10.9 Å². The summed E-state index contributed by atoms with van der Waals surface area (Å²) in [7, 11) is 0. The molecule has 2 aromatic carbocycles. The van der Waals surface area contributed by atoms with E-state index in [0.29, 0.717) is 11.3 Å². The van der Waals surface area contributed by atoms with Crippen LogP contribution < -0.4 is 11.1 Å². The van der Waals surface area contributed by atoms with Crippen molar-refractivity contribution in [2.45, 2.75) is 25.3 Å². The number of rotatable bonds is 5. The number of fused-ring (bicyclic) bond motifs is 1. The summed E-state index contributed by atoms with van der Waals surface area (Å²) < 4.78 is 0. The van der Waals surface area contributed by atoms with Gasteiger partial charge in [0.1, 0.15) is 0 Å². The number of likely N-dealkylation sites (tertiary alicyclic amines) is 1. The van der Waals surface area contributed by atoms with E-state index in [4.69, 9.17) is 5.73 Å². The van der Waals surface area contributed by atoms with Crippen LogP contribution in [0.1, 0.15) is 41.4 Å². The summed E-state index contributed by atoms with van der Waals surface area (Å²) in [6, 6.07) is 17.4. The number of aromatic nitrogens is 1. The molecule has 0 spiro atoms. The van der Waals surface area contributed by atoms with Gasteiger partial charge in [-0.2, -0.15) is 0 Å². The van der Waals surface area contributed by atoms with Crippen molar-refractivity contribution in [2.75, 3.05) is 18.4 Å². The highest BCUT2D eigenvalue weighted by Crippen LogP contribution is 2.32. The van der Waals surface area contributed by atoms with E-state index in [0.717, 1.165) is 37.0 Å². The van der Waals surface area contributed by atoms with E-state index in [-0.39, 0.29) is 18.5 Å². The van der Waals surface area contributed by atoms with Crippen LogP contribution in [0.2, 0.25) is 0 Å². The van der Waals surface area contributed by atoms with Crippen molar-refractivity contribution in [3.05, 3.63) is 65.9 Å². The molecule has 0 aliphatic carbocycles. The first kappa shape index (κ1) is 18.3. The normalized spacial score (nSPS) is 17.5. The van der Waals surface area contributed by atoms with Crippen LogP contribution in [0.3, 0.4) is 0 Å². The number of para-hydroxylation sites is 2. The van der Waals surface area contributed by atoms with Gasteiger partial charge in [0, 0.05) is 11.2 Å². The maximum absolute atomic E-state index is 12.7. The Morgan fingerprint density at radius 3 is 2.71 bits per heavy atom. The Balaban J connectivity index is 1.50. The lowest BCUT2D eigenvalue weighted by Gasteiger charge is -2.34. The maximum atomic E-state index is 12.7. The van der Waals surface area contributed by atoms with Crippen molar-refractivity contribution in [1.82, 2.24) is 9.88 Å². The van der Waals surface area contributed by atoms with E-state index in [9.17, 15) is 9.59 Å². The molecule has 2 amide bonds. The second-order valence-electron chi connectivity index (χ2n) is 7.25. The van der Waals surface area contributed by atoms with E-state index < -0.39 is 5.91 Å². The van der Waals surface area contributed by atoms with Gasteiger partial charge in [0.15, 0.2) is 0 Å². The quantitative estimate of drug-likeness (QED) is 0.637. The monoisotopic (exact) mass is 376 g/mol. The minimum atomic E-state index is -0.551. The topological polar surface area (TPSA) is 91.2 Å². The molecular weight excluding hydrogens is 352 g/mol. The number of anilines is 1. The van der Waals surface area contributed by atoms with Crippen LogP contribution in [-0.2, 0) is 4.79 Å². The summed E-state index contributed by atoms with van der Waals surface area (Å²) in [5, 5.41) is 4.03. The number of H-pyrrole nitrogens is 1. The Kier molecular flexibility index (Phi) is 5.12. The number of piperidine rings is 1. The molecule has 144 valence electrons. The second kappa shape index (κ2) is 7.86. The predicted molar refractivity (Wildman–Crippen MR) is 110 cm³/mol. The molecule has 1 atom stereocenters. The first-order valence-electron chi connectivity index (χ1n) is 9.62. The molecule has 0 saturated carbocycles. The molecule has 0 radical (unpaired) electrons. The molecule has 1 aliphatic rings. The summed E-state index contributed by atoms with van der Waals surface area (Å²) in [5.74, 6) is -0.693. The second-order valence-corrected chi connectivity index (χ2v) is 7.25. The molecule has 6 heteroatoms. The number of nitrogens with zero attached hydrogens (tertiary/aromatic N) is 1. The van der Waals surface area contributed by atoms with Crippen LogP contribution in [0.15, 0.2) is 54.6 Å². The number of hydrogen-bond donors (Lipinski definition) is 3. The average Bonchev–Trinajstić information content (AvgIpc) is 3.12. The Morgan fingerprint density at radius 1 is 1.11 bits per heavy atom. The number of primary amides is 1. The van der Waals surface area contributed by atoms with Crippen molar-refractivity contribution in [1.29, 1.82) is 0 Å². The zero-order valence-corrected chi connectivity index (χ0v) is 15.7. The first-order valence-corrected chi connectivity index (χ1v) is 9.62. The maximum Gasteiger partial charge on any atom is 0.250 e. The zero-order chi connectivity index (χ0) is 19.5. The number of nitrogens with two attached hydrogens (primary N) is 1. The Hall–Kier alpha value is -3.12. The number of amides is 2. The molecule has 1 aliphatic heterocycles. The summed E-state index contributed by atoms with van der Waals surface area (Å²) in [6.07, 6.45) is 3.22. The number of benzene rings is 2. The van der Waals surface area contributed by atoms with Crippen molar-refractivity contribution < 1.29 is 9.59 Å². The lowest BCUT2D eigenvalue weighted by molar-refractivity contribution is -0.118. The molecule has 1 aromatic heterocycles. The van der Waals surface area contributed by atoms with Gasteiger partial charge in [-0.05, 0) is 49.0 Å². The van der Waals surface area contributed by atoms with Crippen LogP contribution in [0.4, 0.5) is 5.69 Å². The minimum absolute atomic E-state index is 0.142. The largest absolute Gasteiger partial charge is 0.366 e. The molecule has 3 aromatic rings. The number of nitrogens with one attached hydrogen (secondary N) is 2. The third-order valence-corrected chi connectivity index (χ3v) is 5.34. The smallest absolute Gasteiger partial charge is 0.250 e.